The quantitative estimate of drug-likeness (QED) is 0.803. The van der Waals surface area contributed by atoms with Crippen LogP contribution in [0.2, 0.25) is 0 Å². The van der Waals surface area contributed by atoms with Gasteiger partial charge in [-0.3, -0.25) is 0 Å². The normalized spacial score (nSPS) is 12.3. The number of hydrogen-bond donors (Lipinski definition) is 1. The fourth-order valence-electron chi connectivity index (χ4n) is 2.05. The Morgan fingerprint density at radius 2 is 1.86 bits per heavy atom. The molecule has 0 unspecified atom stereocenters. The predicted molar refractivity (Wildman–Crippen MR) is 74.6 cm³/mol. The first-order valence-corrected chi connectivity index (χ1v) is 6.60. The lowest BCUT2D eigenvalue weighted by Gasteiger charge is -2.10. The lowest BCUT2D eigenvalue weighted by atomic mass is 10.1. The van der Waals surface area contributed by atoms with Gasteiger partial charge in [0, 0.05) is 17.2 Å². The van der Waals surface area contributed by atoms with E-state index in [1.807, 2.05) is 30.3 Å². The monoisotopic (exact) mass is 302 g/mol. The molecule has 22 heavy (non-hydrogen) atoms. The second-order valence-corrected chi connectivity index (χ2v) is 4.72. The van der Waals surface area contributed by atoms with Crippen molar-refractivity contribution < 1.29 is 13.9 Å². The van der Waals surface area contributed by atoms with E-state index >= 15 is 0 Å². The highest BCUT2D eigenvalue weighted by atomic mass is 19.1. The van der Waals surface area contributed by atoms with Crippen LogP contribution in [0.15, 0.2) is 48.5 Å². The zero-order chi connectivity index (χ0) is 15.5. The van der Waals surface area contributed by atoms with Crippen molar-refractivity contribution in [2.75, 3.05) is 0 Å². The first kappa shape index (κ1) is 14.3. The third kappa shape index (κ3) is 2.99. The van der Waals surface area contributed by atoms with Crippen LogP contribution < -0.4 is 0 Å². The molecule has 0 aliphatic rings. The molecule has 0 spiro atoms. The number of aliphatic hydroxyl groups excluding tert-OH is 1. The van der Waals surface area contributed by atoms with Crippen LogP contribution in [0.25, 0.3) is 11.4 Å². The molecule has 112 valence electrons. The molecule has 5 nitrogen and oxygen atoms in total. The van der Waals surface area contributed by atoms with Gasteiger partial charge in [0.05, 0.1) is 6.54 Å². The van der Waals surface area contributed by atoms with Crippen molar-refractivity contribution in [1.82, 2.24) is 20.2 Å². The Labute approximate surface area is 124 Å². The Morgan fingerprint density at radius 3 is 2.59 bits per heavy atom. The first-order valence-electron chi connectivity index (χ1n) is 6.60. The van der Waals surface area contributed by atoms with Crippen molar-refractivity contribution in [2.45, 2.75) is 12.6 Å². The van der Waals surface area contributed by atoms with Crippen molar-refractivity contribution in [2.24, 2.45) is 0 Å². The van der Waals surface area contributed by atoms with Crippen LogP contribution in [0.5, 0.6) is 0 Å². The van der Waals surface area contributed by atoms with Crippen LogP contribution in [0.1, 0.15) is 11.7 Å². The first-order chi connectivity index (χ1) is 10.6. The molecule has 0 amide bonds. The van der Waals surface area contributed by atoms with E-state index in [9.17, 15) is 13.9 Å². The molecule has 1 aromatic heterocycles. The van der Waals surface area contributed by atoms with Gasteiger partial charge in [0.1, 0.15) is 17.7 Å². The Hall–Kier alpha value is -2.67. The van der Waals surface area contributed by atoms with Gasteiger partial charge < -0.3 is 5.11 Å². The van der Waals surface area contributed by atoms with Gasteiger partial charge in [0.2, 0.25) is 5.82 Å². The van der Waals surface area contributed by atoms with Gasteiger partial charge in [-0.25, -0.2) is 8.78 Å². The van der Waals surface area contributed by atoms with E-state index in [4.69, 9.17) is 0 Å². The molecule has 0 aliphatic carbocycles. The van der Waals surface area contributed by atoms with Gasteiger partial charge in [0.15, 0.2) is 0 Å². The zero-order valence-corrected chi connectivity index (χ0v) is 11.4. The topological polar surface area (TPSA) is 63.8 Å². The lowest BCUT2D eigenvalue weighted by molar-refractivity contribution is 0.140. The molecule has 0 bridgehead atoms. The van der Waals surface area contributed by atoms with E-state index < -0.39 is 17.7 Å². The number of benzene rings is 2. The molecule has 0 saturated carbocycles. The number of halogens is 2. The third-order valence-electron chi connectivity index (χ3n) is 3.14. The van der Waals surface area contributed by atoms with Gasteiger partial charge >= 0.3 is 0 Å². The number of rotatable bonds is 4. The Kier molecular flexibility index (Phi) is 3.88. The summed E-state index contributed by atoms with van der Waals surface area (Å²) in [6.45, 7) is -0.0810. The van der Waals surface area contributed by atoms with Gasteiger partial charge in [-0.2, -0.15) is 4.80 Å². The second kappa shape index (κ2) is 5.98. The highest BCUT2D eigenvalue weighted by Gasteiger charge is 2.16. The maximum Gasteiger partial charge on any atom is 0.204 e. The molecule has 3 aromatic rings. The second-order valence-electron chi connectivity index (χ2n) is 4.72. The number of aromatic nitrogens is 4. The van der Waals surface area contributed by atoms with Gasteiger partial charge in [-0.05, 0) is 11.3 Å². The highest BCUT2D eigenvalue weighted by molar-refractivity contribution is 5.52. The summed E-state index contributed by atoms with van der Waals surface area (Å²) in [5.74, 6) is -1.10. The largest absolute Gasteiger partial charge is 0.386 e. The lowest BCUT2D eigenvalue weighted by Crippen LogP contribution is -2.13. The fourth-order valence-corrected chi connectivity index (χ4v) is 2.05. The zero-order valence-electron chi connectivity index (χ0n) is 11.4. The van der Waals surface area contributed by atoms with Crippen molar-refractivity contribution >= 4 is 0 Å². The average molecular weight is 302 g/mol. The molecular formula is C15H12F2N4O. The summed E-state index contributed by atoms with van der Waals surface area (Å²) < 4.78 is 26.5. The maximum absolute atomic E-state index is 13.6. The third-order valence-corrected chi connectivity index (χ3v) is 3.14. The summed E-state index contributed by atoms with van der Waals surface area (Å²) in [7, 11) is 0. The van der Waals surface area contributed by atoms with E-state index in [2.05, 4.69) is 15.4 Å². The molecule has 1 heterocycles. The summed E-state index contributed by atoms with van der Waals surface area (Å²) in [6.07, 6.45) is -1.20. The molecular weight excluding hydrogens is 290 g/mol. The molecule has 1 atom stereocenters. The van der Waals surface area contributed by atoms with Crippen molar-refractivity contribution in [3.8, 4) is 11.4 Å². The van der Waals surface area contributed by atoms with Crippen LogP contribution >= 0.6 is 0 Å². The molecule has 0 aliphatic heterocycles. The Morgan fingerprint density at radius 1 is 1.09 bits per heavy atom. The van der Waals surface area contributed by atoms with Crippen molar-refractivity contribution in [3.05, 3.63) is 65.7 Å². The molecule has 0 radical (unpaired) electrons. The van der Waals surface area contributed by atoms with Crippen LogP contribution in [0.3, 0.4) is 0 Å². The van der Waals surface area contributed by atoms with E-state index in [0.29, 0.717) is 5.82 Å². The minimum atomic E-state index is -1.20. The highest BCUT2D eigenvalue weighted by Crippen LogP contribution is 2.19. The van der Waals surface area contributed by atoms with Crippen molar-refractivity contribution in [3.63, 3.8) is 0 Å². The Bertz CT molecular complexity index is 776. The van der Waals surface area contributed by atoms with Gasteiger partial charge in [-0.15, -0.1) is 10.2 Å². The molecule has 3 rings (SSSR count). The van der Waals surface area contributed by atoms with Gasteiger partial charge in [-0.1, -0.05) is 36.4 Å². The summed E-state index contributed by atoms with van der Waals surface area (Å²) in [4.78, 5) is 1.18. The fraction of sp³-hybridized carbons (Fsp3) is 0.133. The predicted octanol–water partition coefficient (Wildman–Crippen LogP) is 2.35. The average Bonchev–Trinajstić information content (AvgIpc) is 2.96. The summed E-state index contributed by atoms with van der Waals surface area (Å²) in [6, 6.07) is 12.2. The maximum atomic E-state index is 13.6. The summed E-state index contributed by atoms with van der Waals surface area (Å²) >= 11 is 0. The summed E-state index contributed by atoms with van der Waals surface area (Å²) in [5, 5.41) is 21.9. The molecule has 1 N–H and O–H groups in total. The van der Waals surface area contributed by atoms with Crippen LogP contribution in [0.4, 0.5) is 8.78 Å². The van der Waals surface area contributed by atoms with E-state index in [1.54, 1.807) is 0 Å². The molecule has 0 saturated heterocycles. The number of aliphatic hydroxyl groups is 1. The minimum Gasteiger partial charge on any atom is -0.386 e. The van der Waals surface area contributed by atoms with Crippen LogP contribution in [0, 0.1) is 11.6 Å². The van der Waals surface area contributed by atoms with E-state index in [1.165, 1.54) is 10.9 Å². The SMILES string of the molecule is O[C@@H](Cn1nnc(-c2ccccc2)n1)c1ccc(F)cc1F. The molecule has 7 heteroatoms. The number of nitrogens with zero attached hydrogens (tertiary/aromatic N) is 4. The molecule has 2 aromatic carbocycles. The molecule has 0 fully saturated rings. The number of hydrogen-bond acceptors (Lipinski definition) is 4. The van der Waals surface area contributed by atoms with E-state index in [-0.39, 0.29) is 12.1 Å². The van der Waals surface area contributed by atoms with Crippen LogP contribution in [-0.4, -0.2) is 25.3 Å². The van der Waals surface area contributed by atoms with Gasteiger partial charge in [0.25, 0.3) is 0 Å². The van der Waals surface area contributed by atoms with E-state index in [0.717, 1.165) is 17.7 Å². The smallest absolute Gasteiger partial charge is 0.204 e. The van der Waals surface area contributed by atoms with Crippen LogP contribution in [-0.2, 0) is 6.54 Å². The summed E-state index contributed by atoms with van der Waals surface area (Å²) in [5.41, 5.74) is 0.774. The van der Waals surface area contributed by atoms with Crippen molar-refractivity contribution in [1.29, 1.82) is 0 Å². The number of tetrazole rings is 1. The Balaban J connectivity index is 1.77. The minimum absolute atomic E-state index is 0.0139. The standard InChI is InChI=1S/C15H12F2N4O/c16-11-6-7-12(13(17)8-11)14(22)9-21-19-15(18-20-21)10-4-2-1-3-5-10/h1-8,14,22H,9H2/t14-/m0/s1.